The van der Waals surface area contributed by atoms with E-state index < -0.39 is 46.7 Å². The molecule has 0 fully saturated rings. The molecule has 0 aliphatic carbocycles. The summed E-state index contributed by atoms with van der Waals surface area (Å²) in [5.41, 5.74) is -1.48. The molecule has 1 rings (SSSR count). The van der Waals surface area contributed by atoms with Crippen LogP contribution in [0.3, 0.4) is 0 Å². The van der Waals surface area contributed by atoms with Crippen molar-refractivity contribution in [1.29, 1.82) is 0 Å². The molecule has 0 unspecified atom stereocenters. The van der Waals surface area contributed by atoms with E-state index in [1.165, 1.54) is 0 Å². The Morgan fingerprint density at radius 3 is 2.62 bits per heavy atom. The molecule has 1 aromatic heterocycles. The van der Waals surface area contributed by atoms with Gasteiger partial charge in [-0.3, -0.25) is 10.1 Å². The van der Waals surface area contributed by atoms with Gasteiger partial charge in [0.25, 0.3) is 0 Å². The highest BCUT2D eigenvalue weighted by molar-refractivity contribution is 5.80. The standard InChI is InChI=1S/C13H17FN4O6/c1-13(2,3)24-12(21)17-8(11(19)20)6-16-10-9(18(22)23)4-7(14)5-15-10/h4-5,8H,6H2,1-3H3,(H,15,16)(H,17,21)(H,19,20)/t8-/m0/s1. The lowest BCUT2D eigenvalue weighted by Gasteiger charge is -2.22. The Morgan fingerprint density at radius 2 is 2.12 bits per heavy atom. The van der Waals surface area contributed by atoms with Crippen LogP contribution in [0.5, 0.6) is 0 Å². The zero-order valence-electron chi connectivity index (χ0n) is 13.2. The molecule has 1 aromatic rings. The third-order valence-corrected chi connectivity index (χ3v) is 2.49. The first kappa shape index (κ1) is 19.1. The van der Waals surface area contributed by atoms with Crippen molar-refractivity contribution in [2.45, 2.75) is 32.4 Å². The molecule has 1 heterocycles. The minimum Gasteiger partial charge on any atom is -0.480 e. The van der Waals surface area contributed by atoms with Gasteiger partial charge in [0.05, 0.1) is 17.2 Å². The van der Waals surface area contributed by atoms with Crippen molar-refractivity contribution in [3.05, 3.63) is 28.2 Å². The fourth-order valence-electron chi connectivity index (χ4n) is 1.55. The van der Waals surface area contributed by atoms with Crippen molar-refractivity contribution in [2.24, 2.45) is 0 Å². The largest absolute Gasteiger partial charge is 0.480 e. The fraction of sp³-hybridized carbons (Fsp3) is 0.462. The first-order valence-electron chi connectivity index (χ1n) is 6.75. The van der Waals surface area contributed by atoms with Crippen LogP contribution in [0, 0.1) is 15.9 Å². The van der Waals surface area contributed by atoms with Crippen molar-refractivity contribution in [2.75, 3.05) is 11.9 Å². The zero-order valence-corrected chi connectivity index (χ0v) is 13.2. The molecule has 3 N–H and O–H groups in total. The van der Waals surface area contributed by atoms with Gasteiger partial charge in [-0.05, 0) is 20.8 Å². The smallest absolute Gasteiger partial charge is 0.408 e. The van der Waals surface area contributed by atoms with Crippen LogP contribution in [0.1, 0.15) is 20.8 Å². The maximum atomic E-state index is 13.0. The predicted molar refractivity (Wildman–Crippen MR) is 80.1 cm³/mol. The molecule has 0 radical (unpaired) electrons. The van der Waals surface area contributed by atoms with E-state index in [9.17, 15) is 24.1 Å². The van der Waals surface area contributed by atoms with Crippen LogP contribution >= 0.6 is 0 Å². The van der Waals surface area contributed by atoms with Gasteiger partial charge in [-0.2, -0.15) is 0 Å². The molecular formula is C13H17FN4O6. The number of nitrogens with zero attached hydrogens (tertiary/aromatic N) is 2. The Bertz CT molecular complexity index is 646. The van der Waals surface area contributed by atoms with Crippen LogP contribution < -0.4 is 10.6 Å². The molecule has 0 bridgehead atoms. The number of alkyl carbamates (subject to hydrolysis) is 1. The molecule has 1 amide bonds. The van der Waals surface area contributed by atoms with E-state index in [1.807, 2.05) is 0 Å². The van der Waals surface area contributed by atoms with Crippen LogP contribution in [0.4, 0.5) is 20.7 Å². The normalized spacial score (nSPS) is 12.2. The highest BCUT2D eigenvalue weighted by Crippen LogP contribution is 2.21. The third-order valence-electron chi connectivity index (χ3n) is 2.49. The van der Waals surface area contributed by atoms with Crippen molar-refractivity contribution < 1.29 is 28.7 Å². The number of pyridine rings is 1. The van der Waals surface area contributed by atoms with Crippen molar-refractivity contribution in [3.8, 4) is 0 Å². The van der Waals surface area contributed by atoms with Crippen LogP contribution in [0.15, 0.2) is 12.3 Å². The molecule has 132 valence electrons. The molecule has 0 saturated heterocycles. The Hall–Kier alpha value is -2.98. The number of ether oxygens (including phenoxy) is 1. The molecule has 0 aliphatic rings. The summed E-state index contributed by atoms with van der Waals surface area (Å²) >= 11 is 0. The van der Waals surface area contributed by atoms with Crippen LogP contribution in [0.2, 0.25) is 0 Å². The van der Waals surface area contributed by atoms with Gasteiger partial charge in [-0.25, -0.2) is 19.0 Å². The SMILES string of the molecule is CC(C)(C)OC(=O)N[C@@H](CNc1ncc(F)cc1[N+](=O)[O-])C(=O)O. The number of amides is 1. The van der Waals surface area contributed by atoms with E-state index in [1.54, 1.807) is 20.8 Å². The van der Waals surface area contributed by atoms with E-state index in [0.717, 1.165) is 6.20 Å². The Morgan fingerprint density at radius 1 is 1.50 bits per heavy atom. The summed E-state index contributed by atoms with van der Waals surface area (Å²) in [6, 6.07) is -0.793. The summed E-state index contributed by atoms with van der Waals surface area (Å²) in [4.78, 5) is 36.3. The predicted octanol–water partition coefficient (Wildman–Crippen LogP) is 1.52. The van der Waals surface area contributed by atoms with Gasteiger partial charge in [0.15, 0.2) is 0 Å². The molecule has 0 spiro atoms. The van der Waals surface area contributed by atoms with Gasteiger partial charge < -0.3 is 20.5 Å². The van der Waals surface area contributed by atoms with E-state index in [2.05, 4.69) is 15.6 Å². The molecule has 1 atom stereocenters. The maximum Gasteiger partial charge on any atom is 0.408 e. The minimum atomic E-state index is -1.44. The average molecular weight is 344 g/mol. The van der Waals surface area contributed by atoms with Gasteiger partial charge in [0.1, 0.15) is 17.5 Å². The van der Waals surface area contributed by atoms with Gasteiger partial charge in [-0.15, -0.1) is 0 Å². The highest BCUT2D eigenvalue weighted by atomic mass is 19.1. The number of aliphatic carboxylic acids is 1. The molecule has 0 aromatic carbocycles. The number of aromatic nitrogens is 1. The Kier molecular flexibility index (Phi) is 5.98. The van der Waals surface area contributed by atoms with Crippen molar-refractivity contribution >= 4 is 23.6 Å². The lowest BCUT2D eigenvalue weighted by molar-refractivity contribution is -0.384. The van der Waals surface area contributed by atoms with Gasteiger partial charge in [-0.1, -0.05) is 0 Å². The van der Waals surface area contributed by atoms with Crippen molar-refractivity contribution in [3.63, 3.8) is 0 Å². The lowest BCUT2D eigenvalue weighted by atomic mass is 10.2. The second-order valence-electron chi connectivity index (χ2n) is 5.70. The van der Waals surface area contributed by atoms with E-state index in [4.69, 9.17) is 9.84 Å². The number of carboxylic acid groups (broad SMARTS) is 1. The summed E-state index contributed by atoms with van der Waals surface area (Å²) in [6.45, 7) is 4.39. The number of anilines is 1. The van der Waals surface area contributed by atoms with E-state index in [-0.39, 0.29) is 5.82 Å². The summed E-state index contributed by atoms with van der Waals surface area (Å²) in [7, 11) is 0. The number of carboxylic acids is 1. The van der Waals surface area contributed by atoms with Gasteiger partial charge in [0, 0.05) is 6.54 Å². The van der Waals surface area contributed by atoms with Gasteiger partial charge in [0.2, 0.25) is 5.82 Å². The minimum absolute atomic E-state index is 0.321. The number of nitro groups is 1. The molecule has 0 saturated carbocycles. The highest BCUT2D eigenvalue weighted by Gasteiger charge is 2.25. The quantitative estimate of drug-likeness (QED) is 0.520. The summed E-state index contributed by atoms with van der Waals surface area (Å²) < 4.78 is 17.9. The number of carbonyl (C=O) groups is 2. The van der Waals surface area contributed by atoms with E-state index in [0.29, 0.717) is 6.07 Å². The van der Waals surface area contributed by atoms with E-state index >= 15 is 0 Å². The summed E-state index contributed by atoms with van der Waals surface area (Å²) in [5, 5.41) is 24.4. The monoisotopic (exact) mass is 344 g/mol. The molecule has 24 heavy (non-hydrogen) atoms. The second-order valence-corrected chi connectivity index (χ2v) is 5.70. The number of halogens is 1. The number of carbonyl (C=O) groups excluding carboxylic acids is 1. The Balaban J connectivity index is 2.80. The number of hydrogen-bond donors (Lipinski definition) is 3. The number of rotatable bonds is 6. The summed E-state index contributed by atoms with van der Waals surface area (Å²) in [6.07, 6.45) is -0.217. The average Bonchev–Trinajstić information content (AvgIpc) is 2.41. The maximum absolute atomic E-state index is 13.0. The Labute approximate surface area is 136 Å². The molecule has 11 heteroatoms. The van der Waals surface area contributed by atoms with Crippen LogP contribution in [0.25, 0.3) is 0 Å². The van der Waals surface area contributed by atoms with Crippen LogP contribution in [-0.4, -0.2) is 45.3 Å². The summed E-state index contributed by atoms with van der Waals surface area (Å²) in [5.74, 6) is -2.62. The first-order chi connectivity index (χ1) is 11.0. The number of nitrogens with one attached hydrogen (secondary N) is 2. The molecule has 10 nitrogen and oxygen atoms in total. The lowest BCUT2D eigenvalue weighted by Crippen LogP contribution is -2.47. The third kappa shape index (κ3) is 6.02. The fourth-order valence-corrected chi connectivity index (χ4v) is 1.55. The van der Waals surface area contributed by atoms with Gasteiger partial charge >= 0.3 is 17.7 Å². The molecule has 0 aliphatic heterocycles. The van der Waals surface area contributed by atoms with Crippen LogP contribution in [-0.2, 0) is 9.53 Å². The number of hydrogen-bond acceptors (Lipinski definition) is 7. The topological polar surface area (TPSA) is 144 Å². The van der Waals surface area contributed by atoms with Crippen molar-refractivity contribution in [1.82, 2.24) is 10.3 Å². The molecular weight excluding hydrogens is 327 g/mol. The zero-order chi connectivity index (χ0) is 18.5. The first-order valence-corrected chi connectivity index (χ1v) is 6.75. The second kappa shape index (κ2) is 7.53.